The number of esters is 1. The average Bonchev–Trinajstić information content (AvgIpc) is 2.46. The fourth-order valence-electron chi connectivity index (χ4n) is 2.44. The lowest BCUT2D eigenvalue weighted by atomic mass is 10.0. The number of rotatable bonds is 15. The molecule has 0 fully saturated rings. The first-order chi connectivity index (χ1) is 10.2. The standard InChI is InChI=1S/C17H32F2O2/c1-21-17(20)15-13-11-9-7-5-3-2-4-6-8-10-12-14-16(18)19/h16H,2-15H2,1H3. The Morgan fingerprint density at radius 2 is 1.14 bits per heavy atom. The van der Waals surface area contributed by atoms with Gasteiger partial charge in [0.05, 0.1) is 7.11 Å². The molecular formula is C17H32F2O2. The zero-order chi connectivity index (χ0) is 15.8. The van der Waals surface area contributed by atoms with Crippen LogP contribution in [-0.4, -0.2) is 19.5 Å². The Hall–Kier alpha value is -0.670. The van der Waals surface area contributed by atoms with Crippen molar-refractivity contribution in [3.05, 3.63) is 0 Å². The predicted molar refractivity (Wildman–Crippen MR) is 82.7 cm³/mol. The maximum atomic E-state index is 11.9. The number of hydrogen-bond acceptors (Lipinski definition) is 2. The van der Waals surface area contributed by atoms with Crippen LogP contribution in [0, 0.1) is 0 Å². The van der Waals surface area contributed by atoms with Crippen LogP contribution in [-0.2, 0) is 9.53 Å². The lowest BCUT2D eigenvalue weighted by Crippen LogP contribution is -1.99. The molecule has 0 amide bonds. The number of halogens is 2. The van der Waals surface area contributed by atoms with Gasteiger partial charge in [-0.25, -0.2) is 8.78 Å². The lowest BCUT2D eigenvalue weighted by molar-refractivity contribution is -0.140. The van der Waals surface area contributed by atoms with Crippen molar-refractivity contribution in [2.45, 2.75) is 96.3 Å². The second-order valence-electron chi connectivity index (χ2n) is 5.75. The summed E-state index contributed by atoms with van der Waals surface area (Å²) in [6.45, 7) is 0. The zero-order valence-electron chi connectivity index (χ0n) is 13.5. The van der Waals surface area contributed by atoms with Crippen molar-refractivity contribution in [3.63, 3.8) is 0 Å². The molecule has 0 N–H and O–H groups in total. The molecule has 0 aromatic rings. The number of methoxy groups -OCH3 is 1. The second kappa shape index (κ2) is 15.7. The fourth-order valence-corrected chi connectivity index (χ4v) is 2.44. The Labute approximate surface area is 128 Å². The Morgan fingerprint density at radius 1 is 0.762 bits per heavy atom. The third-order valence-electron chi connectivity index (χ3n) is 3.78. The third-order valence-corrected chi connectivity index (χ3v) is 3.78. The van der Waals surface area contributed by atoms with Gasteiger partial charge in [-0.1, -0.05) is 64.2 Å². The maximum Gasteiger partial charge on any atom is 0.305 e. The first-order valence-corrected chi connectivity index (χ1v) is 8.51. The predicted octanol–water partition coefficient (Wildman–Crippen LogP) is 5.89. The van der Waals surface area contributed by atoms with Crippen molar-refractivity contribution in [3.8, 4) is 0 Å². The number of carbonyl (C=O) groups is 1. The second-order valence-corrected chi connectivity index (χ2v) is 5.75. The van der Waals surface area contributed by atoms with E-state index in [0.717, 1.165) is 25.7 Å². The quantitative estimate of drug-likeness (QED) is 0.279. The van der Waals surface area contributed by atoms with E-state index in [2.05, 4.69) is 4.74 Å². The van der Waals surface area contributed by atoms with E-state index in [1.54, 1.807) is 0 Å². The first kappa shape index (κ1) is 20.3. The van der Waals surface area contributed by atoms with E-state index < -0.39 is 6.43 Å². The summed E-state index contributed by atoms with van der Waals surface area (Å²) in [6.07, 6.45) is 11.9. The molecule has 0 aliphatic rings. The topological polar surface area (TPSA) is 26.3 Å². The van der Waals surface area contributed by atoms with Crippen molar-refractivity contribution in [1.82, 2.24) is 0 Å². The van der Waals surface area contributed by atoms with E-state index in [1.165, 1.54) is 52.1 Å². The first-order valence-electron chi connectivity index (χ1n) is 8.51. The Kier molecular flexibility index (Phi) is 15.2. The van der Waals surface area contributed by atoms with Gasteiger partial charge in [-0.3, -0.25) is 4.79 Å². The van der Waals surface area contributed by atoms with Gasteiger partial charge in [-0.05, 0) is 12.8 Å². The molecule has 0 radical (unpaired) electrons. The van der Waals surface area contributed by atoms with E-state index in [4.69, 9.17) is 0 Å². The molecule has 0 bridgehead atoms. The molecule has 0 aliphatic carbocycles. The van der Waals surface area contributed by atoms with Crippen LogP contribution in [0.1, 0.15) is 89.9 Å². The average molecular weight is 306 g/mol. The van der Waals surface area contributed by atoms with Crippen LogP contribution in [0.3, 0.4) is 0 Å². The molecule has 0 saturated carbocycles. The summed E-state index contributed by atoms with van der Waals surface area (Å²) in [5, 5.41) is 0. The highest BCUT2D eigenvalue weighted by Crippen LogP contribution is 2.14. The Morgan fingerprint density at radius 3 is 1.52 bits per heavy atom. The molecule has 0 heterocycles. The summed E-state index contributed by atoms with van der Waals surface area (Å²) in [5.74, 6) is -0.108. The summed E-state index contributed by atoms with van der Waals surface area (Å²) in [7, 11) is 1.43. The highest BCUT2D eigenvalue weighted by Gasteiger charge is 2.01. The zero-order valence-corrected chi connectivity index (χ0v) is 13.5. The van der Waals surface area contributed by atoms with E-state index >= 15 is 0 Å². The SMILES string of the molecule is COC(=O)CCCCCCCCCCCCCCC(F)F. The monoisotopic (exact) mass is 306 g/mol. The molecule has 0 saturated heterocycles. The van der Waals surface area contributed by atoms with Crippen molar-refractivity contribution >= 4 is 5.97 Å². The molecule has 0 spiro atoms. The van der Waals surface area contributed by atoms with Gasteiger partial charge in [0.2, 0.25) is 6.43 Å². The Balaban J connectivity index is 3.01. The van der Waals surface area contributed by atoms with Gasteiger partial charge in [0.25, 0.3) is 0 Å². The summed E-state index contributed by atoms with van der Waals surface area (Å²) in [4.78, 5) is 10.9. The minimum absolute atomic E-state index is 0.0655. The highest BCUT2D eigenvalue weighted by atomic mass is 19.3. The van der Waals surface area contributed by atoms with E-state index in [1.807, 2.05) is 0 Å². The molecule has 0 unspecified atom stereocenters. The molecule has 126 valence electrons. The van der Waals surface area contributed by atoms with Crippen LogP contribution in [0.2, 0.25) is 0 Å². The van der Waals surface area contributed by atoms with Gasteiger partial charge in [0.1, 0.15) is 0 Å². The lowest BCUT2D eigenvalue weighted by Gasteiger charge is -2.03. The van der Waals surface area contributed by atoms with Crippen LogP contribution in [0.4, 0.5) is 8.78 Å². The van der Waals surface area contributed by atoms with Crippen molar-refractivity contribution in [1.29, 1.82) is 0 Å². The van der Waals surface area contributed by atoms with Crippen LogP contribution >= 0.6 is 0 Å². The van der Waals surface area contributed by atoms with Gasteiger partial charge in [-0.2, -0.15) is 0 Å². The molecule has 21 heavy (non-hydrogen) atoms. The molecule has 0 rings (SSSR count). The number of carbonyl (C=O) groups excluding carboxylic acids is 1. The van der Waals surface area contributed by atoms with E-state index in [9.17, 15) is 13.6 Å². The van der Waals surface area contributed by atoms with Crippen LogP contribution in [0.15, 0.2) is 0 Å². The normalized spacial score (nSPS) is 11.0. The van der Waals surface area contributed by atoms with Crippen molar-refractivity contribution in [2.75, 3.05) is 7.11 Å². The Bertz CT molecular complexity index is 233. The molecular weight excluding hydrogens is 274 g/mol. The molecule has 0 aromatic carbocycles. The van der Waals surface area contributed by atoms with Gasteiger partial charge in [0, 0.05) is 12.8 Å². The van der Waals surface area contributed by atoms with E-state index in [0.29, 0.717) is 12.8 Å². The number of hydrogen-bond donors (Lipinski definition) is 0. The maximum absolute atomic E-state index is 11.9. The smallest absolute Gasteiger partial charge is 0.305 e. The molecule has 0 aromatic heterocycles. The van der Waals surface area contributed by atoms with Crippen LogP contribution < -0.4 is 0 Å². The van der Waals surface area contributed by atoms with Gasteiger partial charge in [-0.15, -0.1) is 0 Å². The van der Waals surface area contributed by atoms with Crippen molar-refractivity contribution in [2.24, 2.45) is 0 Å². The molecule has 0 atom stereocenters. The minimum Gasteiger partial charge on any atom is -0.469 e. The number of alkyl halides is 2. The fraction of sp³-hybridized carbons (Fsp3) is 0.941. The molecule has 0 aliphatic heterocycles. The van der Waals surface area contributed by atoms with Gasteiger partial charge in [0.15, 0.2) is 0 Å². The summed E-state index contributed by atoms with van der Waals surface area (Å²) in [5.41, 5.74) is 0. The number of ether oxygens (including phenoxy) is 1. The minimum atomic E-state index is -2.13. The van der Waals surface area contributed by atoms with Gasteiger partial charge < -0.3 is 4.74 Å². The third kappa shape index (κ3) is 17.3. The highest BCUT2D eigenvalue weighted by molar-refractivity contribution is 5.68. The van der Waals surface area contributed by atoms with E-state index in [-0.39, 0.29) is 12.4 Å². The van der Waals surface area contributed by atoms with Crippen molar-refractivity contribution < 1.29 is 18.3 Å². The van der Waals surface area contributed by atoms with Crippen LogP contribution in [0.25, 0.3) is 0 Å². The summed E-state index contributed by atoms with van der Waals surface area (Å²) >= 11 is 0. The molecule has 4 heteroatoms. The summed E-state index contributed by atoms with van der Waals surface area (Å²) < 4.78 is 28.4. The molecule has 2 nitrogen and oxygen atoms in total. The van der Waals surface area contributed by atoms with Crippen LogP contribution in [0.5, 0.6) is 0 Å². The van der Waals surface area contributed by atoms with Gasteiger partial charge >= 0.3 is 5.97 Å². The number of unbranched alkanes of at least 4 members (excludes halogenated alkanes) is 11. The summed E-state index contributed by atoms with van der Waals surface area (Å²) in [6, 6.07) is 0. The largest absolute Gasteiger partial charge is 0.469 e.